The lowest BCUT2D eigenvalue weighted by Gasteiger charge is -2.12. The van der Waals surface area contributed by atoms with Crippen molar-refractivity contribution in [2.24, 2.45) is 11.8 Å². The molecule has 0 aromatic heterocycles. The maximum absolute atomic E-state index is 14.5. The van der Waals surface area contributed by atoms with E-state index in [1.807, 2.05) is 0 Å². The molecule has 1 saturated carbocycles. The third kappa shape index (κ3) is 4.63. The van der Waals surface area contributed by atoms with Gasteiger partial charge in [0.05, 0.1) is 12.5 Å². The number of halogens is 4. The summed E-state index contributed by atoms with van der Waals surface area (Å²) in [6, 6.07) is 10.7. The summed E-state index contributed by atoms with van der Waals surface area (Å²) in [5.74, 6) is -5.46. The molecule has 0 spiro atoms. The van der Waals surface area contributed by atoms with Gasteiger partial charge in [-0.15, -0.1) is 0 Å². The fourth-order valence-corrected chi connectivity index (χ4v) is 3.22. The van der Waals surface area contributed by atoms with Gasteiger partial charge in [0, 0.05) is 23.6 Å². The van der Waals surface area contributed by atoms with Crippen molar-refractivity contribution in [1.82, 2.24) is 0 Å². The van der Waals surface area contributed by atoms with Crippen LogP contribution in [0.15, 0.2) is 54.6 Å². The van der Waals surface area contributed by atoms with Crippen LogP contribution in [0.4, 0.5) is 17.6 Å². The molecule has 1 aliphatic rings. The predicted octanol–water partition coefficient (Wildman–Crippen LogP) is 5.80. The monoisotopic (exact) mass is 432 g/mol. The van der Waals surface area contributed by atoms with Crippen molar-refractivity contribution < 1.29 is 36.9 Å². The summed E-state index contributed by atoms with van der Waals surface area (Å²) in [5.41, 5.74) is -0.203. The molecule has 3 aromatic rings. The fraction of sp³-hybridized carbons (Fsp3) is 0.174. The average molecular weight is 432 g/mol. The van der Waals surface area contributed by atoms with Crippen LogP contribution in [0, 0.1) is 35.1 Å². The first-order valence-electron chi connectivity index (χ1n) is 9.40. The second-order valence-corrected chi connectivity index (χ2v) is 7.22. The van der Waals surface area contributed by atoms with Crippen molar-refractivity contribution in [3.8, 4) is 28.4 Å². The molecule has 0 aliphatic heterocycles. The van der Waals surface area contributed by atoms with Crippen molar-refractivity contribution >= 4 is 5.97 Å². The number of rotatable bonds is 7. The Kier molecular flexibility index (Phi) is 5.54. The number of carboxylic acid groups (broad SMARTS) is 1. The van der Waals surface area contributed by atoms with Crippen LogP contribution < -0.4 is 9.47 Å². The Bertz CT molecular complexity index is 1150. The van der Waals surface area contributed by atoms with Gasteiger partial charge in [0.15, 0.2) is 23.2 Å². The van der Waals surface area contributed by atoms with Gasteiger partial charge in [-0.25, -0.2) is 17.6 Å². The van der Waals surface area contributed by atoms with Gasteiger partial charge in [-0.1, -0.05) is 12.1 Å². The summed E-state index contributed by atoms with van der Waals surface area (Å²) >= 11 is 0. The Morgan fingerprint density at radius 2 is 1.77 bits per heavy atom. The van der Waals surface area contributed by atoms with E-state index in [0.29, 0.717) is 6.42 Å². The summed E-state index contributed by atoms with van der Waals surface area (Å²) in [7, 11) is 0. The average Bonchev–Trinajstić information content (AvgIpc) is 3.50. The first-order chi connectivity index (χ1) is 14.8. The van der Waals surface area contributed by atoms with Crippen LogP contribution >= 0.6 is 0 Å². The molecule has 3 aromatic carbocycles. The quantitative estimate of drug-likeness (QED) is 0.480. The Labute approximate surface area is 174 Å². The Hall–Kier alpha value is -3.55. The zero-order valence-corrected chi connectivity index (χ0v) is 15.9. The number of benzene rings is 3. The van der Waals surface area contributed by atoms with Crippen molar-refractivity contribution in [2.75, 3.05) is 6.61 Å². The van der Waals surface area contributed by atoms with Crippen LogP contribution in [0.2, 0.25) is 0 Å². The molecule has 0 unspecified atom stereocenters. The summed E-state index contributed by atoms with van der Waals surface area (Å²) < 4.78 is 67.0. The number of hydrogen-bond acceptors (Lipinski definition) is 3. The Balaban J connectivity index is 1.55. The van der Waals surface area contributed by atoms with Crippen molar-refractivity contribution in [2.45, 2.75) is 6.42 Å². The highest BCUT2D eigenvalue weighted by Crippen LogP contribution is 2.39. The first-order valence-corrected chi connectivity index (χ1v) is 9.40. The summed E-state index contributed by atoms with van der Waals surface area (Å²) in [6.45, 7) is 0.0488. The van der Waals surface area contributed by atoms with Crippen LogP contribution in [0.5, 0.6) is 17.2 Å². The minimum Gasteiger partial charge on any atom is -0.490 e. The fourth-order valence-electron chi connectivity index (χ4n) is 3.22. The molecule has 0 amide bonds. The molecule has 4 rings (SSSR count). The molecule has 4 nitrogen and oxygen atoms in total. The largest absolute Gasteiger partial charge is 0.490 e. The first kappa shape index (κ1) is 20.7. The number of carbonyl (C=O) groups is 1. The third-order valence-electron chi connectivity index (χ3n) is 4.97. The smallest absolute Gasteiger partial charge is 0.306 e. The van der Waals surface area contributed by atoms with E-state index in [1.54, 1.807) is 0 Å². The molecular formula is C23H16F4O4. The summed E-state index contributed by atoms with van der Waals surface area (Å²) in [4.78, 5) is 10.8. The lowest BCUT2D eigenvalue weighted by Crippen LogP contribution is -2.07. The van der Waals surface area contributed by atoms with Gasteiger partial charge in [-0.05, 0) is 42.3 Å². The molecule has 8 heteroatoms. The van der Waals surface area contributed by atoms with Crippen LogP contribution in [-0.2, 0) is 4.79 Å². The van der Waals surface area contributed by atoms with Gasteiger partial charge in [-0.3, -0.25) is 4.79 Å². The Morgan fingerprint density at radius 1 is 0.968 bits per heavy atom. The lowest BCUT2D eigenvalue weighted by atomic mass is 10.0. The zero-order valence-electron chi connectivity index (χ0n) is 15.9. The topological polar surface area (TPSA) is 55.8 Å². The van der Waals surface area contributed by atoms with Gasteiger partial charge in [0.25, 0.3) is 0 Å². The molecule has 31 heavy (non-hydrogen) atoms. The van der Waals surface area contributed by atoms with Gasteiger partial charge in [-0.2, -0.15) is 0 Å². The summed E-state index contributed by atoms with van der Waals surface area (Å²) in [5, 5.41) is 8.89. The van der Waals surface area contributed by atoms with E-state index >= 15 is 0 Å². The Morgan fingerprint density at radius 3 is 2.45 bits per heavy atom. The lowest BCUT2D eigenvalue weighted by molar-refractivity contribution is -0.138. The minimum atomic E-state index is -1.21. The number of ether oxygens (including phenoxy) is 2. The SMILES string of the molecule is O=C(O)[C@H]1C[C@@H]1COc1ccc(-c2cc(Oc3cccc(F)c3)cc(F)c2F)cc1F. The van der Waals surface area contributed by atoms with Gasteiger partial charge < -0.3 is 14.6 Å². The van der Waals surface area contributed by atoms with E-state index in [0.717, 1.165) is 18.2 Å². The molecule has 0 bridgehead atoms. The number of aliphatic carboxylic acids is 1. The second-order valence-electron chi connectivity index (χ2n) is 7.22. The van der Waals surface area contributed by atoms with E-state index in [1.165, 1.54) is 36.4 Å². The molecule has 0 radical (unpaired) electrons. The normalized spacial score (nSPS) is 17.3. The van der Waals surface area contributed by atoms with E-state index < -0.39 is 35.2 Å². The minimum absolute atomic E-state index is 0.0424. The molecule has 1 aliphatic carbocycles. The van der Waals surface area contributed by atoms with Crippen LogP contribution in [0.1, 0.15) is 6.42 Å². The van der Waals surface area contributed by atoms with Crippen molar-refractivity contribution in [1.29, 1.82) is 0 Å². The molecule has 0 heterocycles. The maximum Gasteiger partial charge on any atom is 0.306 e. The summed E-state index contributed by atoms with van der Waals surface area (Å²) in [6.07, 6.45) is 0.470. The molecule has 0 saturated heterocycles. The molecule has 1 fully saturated rings. The van der Waals surface area contributed by atoms with Gasteiger partial charge in [0.1, 0.15) is 17.3 Å². The molecular weight excluding hydrogens is 416 g/mol. The molecule has 1 N–H and O–H groups in total. The highest BCUT2D eigenvalue weighted by atomic mass is 19.2. The van der Waals surface area contributed by atoms with E-state index in [4.69, 9.17) is 14.6 Å². The second kappa shape index (κ2) is 8.29. The molecule has 160 valence electrons. The highest BCUT2D eigenvalue weighted by molar-refractivity contribution is 5.73. The number of carboxylic acids is 1. The highest BCUT2D eigenvalue weighted by Gasteiger charge is 2.43. The van der Waals surface area contributed by atoms with Crippen LogP contribution in [0.25, 0.3) is 11.1 Å². The zero-order chi connectivity index (χ0) is 22.1. The standard InChI is InChI=1S/C23H16F4O4/c24-14-2-1-3-15(8-14)31-16-9-17(22(27)20(26)10-16)12-4-5-21(19(25)7-12)30-11-13-6-18(13)23(28)29/h1-5,7-10,13,18H,6,11H2,(H,28,29)/t13-,18+/m1/s1. The van der Waals surface area contributed by atoms with Crippen molar-refractivity contribution in [3.63, 3.8) is 0 Å². The predicted molar refractivity (Wildman–Crippen MR) is 103 cm³/mol. The van der Waals surface area contributed by atoms with Crippen LogP contribution in [-0.4, -0.2) is 17.7 Å². The van der Waals surface area contributed by atoms with Crippen LogP contribution in [0.3, 0.4) is 0 Å². The maximum atomic E-state index is 14.5. The third-order valence-corrected chi connectivity index (χ3v) is 4.97. The van der Waals surface area contributed by atoms with E-state index in [-0.39, 0.29) is 40.9 Å². The van der Waals surface area contributed by atoms with Crippen molar-refractivity contribution in [3.05, 3.63) is 77.9 Å². The molecule has 2 atom stereocenters. The van der Waals surface area contributed by atoms with Gasteiger partial charge >= 0.3 is 5.97 Å². The van der Waals surface area contributed by atoms with E-state index in [2.05, 4.69) is 0 Å². The van der Waals surface area contributed by atoms with Gasteiger partial charge in [0.2, 0.25) is 0 Å². The number of hydrogen-bond donors (Lipinski definition) is 1. The van der Waals surface area contributed by atoms with E-state index in [9.17, 15) is 22.4 Å².